The van der Waals surface area contributed by atoms with Crippen molar-refractivity contribution in [2.45, 2.75) is 44.0 Å². The maximum atomic E-state index is 11.9. The van der Waals surface area contributed by atoms with Crippen LogP contribution in [0.25, 0.3) is 11.0 Å². The second-order valence-corrected chi connectivity index (χ2v) is 7.81. The normalized spacial score (nSPS) is 15.3. The first kappa shape index (κ1) is 16.3. The van der Waals surface area contributed by atoms with Crippen molar-refractivity contribution in [3.8, 4) is 0 Å². The molecular weight excluding hydrogens is 308 g/mol. The molecule has 21 heavy (non-hydrogen) atoms. The van der Waals surface area contributed by atoms with E-state index in [0.29, 0.717) is 11.4 Å². The third-order valence-corrected chi connectivity index (χ3v) is 5.52. The maximum Gasteiger partial charge on any atom is 0.177 e. The molecule has 116 valence electrons. The van der Waals surface area contributed by atoms with Crippen LogP contribution in [0.3, 0.4) is 0 Å². The number of hydrogen-bond acceptors (Lipinski definition) is 3. The van der Waals surface area contributed by atoms with Crippen molar-refractivity contribution in [3.05, 3.63) is 24.0 Å². The zero-order valence-corrected chi connectivity index (χ0v) is 14.4. The SMILES string of the molecule is CCC(C)C(C)n1c(CCl)nc2c(S(C)(=O)=O)cccc21. The van der Waals surface area contributed by atoms with Gasteiger partial charge in [-0.2, -0.15) is 0 Å². The Kier molecular flexibility index (Phi) is 4.63. The highest BCUT2D eigenvalue weighted by atomic mass is 35.5. The van der Waals surface area contributed by atoms with E-state index in [1.807, 2.05) is 6.07 Å². The lowest BCUT2D eigenvalue weighted by Crippen LogP contribution is -2.15. The first-order valence-corrected chi connectivity index (χ1v) is 9.49. The molecule has 0 fully saturated rings. The highest BCUT2D eigenvalue weighted by Gasteiger charge is 2.22. The molecule has 0 N–H and O–H groups in total. The van der Waals surface area contributed by atoms with Crippen LogP contribution in [0, 0.1) is 5.92 Å². The third-order valence-electron chi connectivity index (χ3n) is 4.15. The molecule has 2 unspecified atom stereocenters. The minimum absolute atomic E-state index is 0.212. The number of hydrogen-bond donors (Lipinski definition) is 0. The highest BCUT2D eigenvalue weighted by Crippen LogP contribution is 2.31. The average Bonchev–Trinajstić information content (AvgIpc) is 2.82. The smallest absolute Gasteiger partial charge is 0.177 e. The Bertz CT molecular complexity index is 752. The Hall–Kier alpha value is -1.07. The Morgan fingerprint density at radius 2 is 2.00 bits per heavy atom. The summed E-state index contributed by atoms with van der Waals surface area (Å²) < 4.78 is 25.9. The summed E-state index contributed by atoms with van der Waals surface area (Å²) in [4.78, 5) is 4.75. The topological polar surface area (TPSA) is 52.0 Å². The molecule has 4 nitrogen and oxygen atoms in total. The Morgan fingerprint density at radius 3 is 2.52 bits per heavy atom. The minimum Gasteiger partial charge on any atom is -0.324 e. The zero-order chi connectivity index (χ0) is 15.8. The number of halogens is 1. The third kappa shape index (κ3) is 2.94. The van der Waals surface area contributed by atoms with Gasteiger partial charge in [0.15, 0.2) is 9.84 Å². The molecule has 1 heterocycles. The summed E-state index contributed by atoms with van der Waals surface area (Å²) in [7, 11) is -3.31. The number of imidazole rings is 1. The predicted octanol–water partition coefficient (Wildman–Crippen LogP) is 3.79. The van der Waals surface area contributed by atoms with E-state index in [1.165, 1.54) is 6.26 Å². The summed E-state index contributed by atoms with van der Waals surface area (Å²) in [6.45, 7) is 6.44. The predicted molar refractivity (Wildman–Crippen MR) is 86.6 cm³/mol. The molecular formula is C15H21ClN2O2S. The lowest BCUT2D eigenvalue weighted by molar-refractivity contribution is 0.371. The summed E-state index contributed by atoms with van der Waals surface area (Å²) in [5.41, 5.74) is 1.35. The molecule has 2 rings (SSSR count). The van der Waals surface area contributed by atoms with Crippen LogP contribution in [0.4, 0.5) is 0 Å². The largest absolute Gasteiger partial charge is 0.324 e. The van der Waals surface area contributed by atoms with Crippen molar-refractivity contribution in [2.75, 3.05) is 6.26 Å². The van der Waals surface area contributed by atoms with Gasteiger partial charge in [-0.3, -0.25) is 0 Å². The molecule has 0 aliphatic rings. The summed E-state index contributed by atoms with van der Waals surface area (Å²) in [5, 5.41) is 0. The van der Waals surface area contributed by atoms with E-state index in [2.05, 4.69) is 30.3 Å². The van der Waals surface area contributed by atoms with Gasteiger partial charge in [-0.05, 0) is 25.0 Å². The summed E-state index contributed by atoms with van der Waals surface area (Å²) in [6.07, 6.45) is 2.24. The highest BCUT2D eigenvalue weighted by molar-refractivity contribution is 7.91. The number of para-hydroxylation sites is 1. The van der Waals surface area contributed by atoms with E-state index < -0.39 is 9.84 Å². The van der Waals surface area contributed by atoms with Crippen LogP contribution in [0.1, 0.15) is 39.1 Å². The van der Waals surface area contributed by atoms with E-state index in [9.17, 15) is 8.42 Å². The molecule has 6 heteroatoms. The van der Waals surface area contributed by atoms with Crippen LogP contribution >= 0.6 is 11.6 Å². The fourth-order valence-electron chi connectivity index (χ4n) is 2.58. The number of benzene rings is 1. The molecule has 0 saturated carbocycles. The number of aromatic nitrogens is 2. The van der Waals surface area contributed by atoms with Gasteiger partial charge in [0.05, 0.1) is 16.3 Å². The van der Waals surface area contributed by atoms with Crippen molar-refractivity contribution >= 4 is 32.5 Å². The Balaban J connectivity index is 2.77. The Morgan fingerprint density at radius 1 is 1.33 bits per heavy atom. The molecule has 0 aliphatic heterocycles. The van der Waals surface area contributed by atoms with Gasteiger partial charge in [-0.15, -0.1) is 11.6 Å². The fraction of sp³-hybridized carbons (Fsp3) is 0.533. The van der Waals surface area contributed by atoms with Crippen LogP contribution in [-0.4, -0.2) is 24.2 Å². The number of fused-ring (bicyclic) bond motifs is 1. The van der Waals surface area contributed by atoms with Crippen molar-refractivity contribution in [1.29, 1.82) is 0 Å². The number of alkyl halides is 1. The second kappa shape index (κ2) is 5.97. The van der Waals surface area contributed by atoms with Crippen LogP contribution in [-0.2, 0) is 15.7 Å². The van der Waals surface area contributed by atoms with E-state index >= 15 is 0 Å². The molecule has 0 amide bonds. The summed E-state index contributed by atoms with van der Waals surface area (Å²) in [6, 6.07) is 5.48. The van der Waals surface area contributed by atoms with Crippen LogP contribution in [0.15, 0.2) is 23.1 Å². The molecule has 1 aromatic carbocycles. The van der Waals surface area contributed by atoms with Crippen LogP contribution in [0.5, 0.6) is 0 Å². The molecule has 0 spiro atoms. The first-order valence-electron chi connectivity index (χ1n) is 7.07. The quantitative estimate of drug-likeness (QED) is 0.785. The van der Waals surface area contributed by atoms with Crippen molar-refractivity contribution < 1.29 is 8.42 Å². The van der Waals surface area contributed by atoms with Crippen LogP contribution in [0.2, 0.25) is 0 Å². The number of rotatable bonds is 5. The van der Waals surface area contributed by atoms with Crippen molar-refractivity contribution in [2.24, 2.45) is 5.92 Å². The van der Waals surface area contributed by atoms with Gasteiger partial charge < -0.3 is 4.57 Å². The van der Waals surface area contributed by atoms with E-state index in [-0.39, 0.29) is 16.8 Å². The molecule has 0 saturated heterocycles. The van der Waals surface area contributed by atoms with E-state index in [0.717, 1.165) is 17.8 Å². The molecule has 2 atom stereocenters. The fourth-order valence-corrected chi connectivity index (χ4v) is 3.60. The van der Waals surface area contributed by atoms with Gasteiger partial charge in [0.2, 0.25) is 0 Å². The monoisotopic (exact) mass is 328 g/mol. The van der Waals surface area contributed by atoms with Crippen molar-refractivity contribution in [1.82, 2.24) is 9.55 Å². The van der Waals surface area contributed by atoms with Crippen LogP contribution < -0.4 is 0 Å². The lowest BCUT2D eigenvalue weighted by Gasteiger charge is -2.22. The summed E-state index contributed by atoms with van der Waals surface area (Å²) >= 11 is 6.03. The molecule has 1 aromatic heterocycles. The van der Waals surface area contributed by atoms with E-state index in [4.69, 9.17) is 11.6 Å². The number of sulfone groups is 1. The van der Waals surface area contributed by atoms with Gasteiger partial charge in [-0.25, -0.2) is 13.4 Å². The lowest BCUT2D eigenvalue weighted by atomic mass is 10.0. The van der Waals surface area contributed by atoms with E-state index in [1.54, 1.807) is 12.1 Å². The molecule has 0 radical (unpaired) electrons. The average molecular weight is 329 g/mol. The molecule has 2 aromatic rings. The van der Waals surface area contributed by atoms with Gasteiger partial charge in [-0.1, -0.05) is 26.3 Å². The first-order chi connectivity index (χ1) is 9.81. The van der Waals surface area contributed by atoms with Gasteiger partial charge in [0.25, 0.3) is 0 Å². The standard InChI is InChI=1S/C15H21ClN2O2S/c1-5-10(2)11(3)18-12-7-6-8-13(21(4,19)20)15(12)17-14(18)9-16/h6-8,10-11H,5,9H2,1-4H3. The molecule has 0 bridgehead atoms. The zero-order valence-electron chi connectivity index (χ0n) is 12.8. The Labute approximate surface area is 131 Å². The molecule has 0 aliphatic carbocycles. The second-order valence-electron chi connectivity index (χ2n) is 5.55. The minimum atomic E-state index is -3.31. The van der Waals surface area contributed by atoms with Crippen molar-refractivity contribution in [3.63, 3.8) is 0 Å². The van der Waals surface area contributed by atoms with Gasteiger partial charge in [0.1, 0.15) is 11.3 Å². The summed E-state index contributed by atoms with van der Waals surface area (Å²) in [5.74, 6) is 1.43. The van der Waals surface area contributed by atoms with Gasteiger partial charge >= 0.3 is 0 Å². The number of nitrogens with zero attached hydrogens (tertiary/aromatic N) is 2. The van der Waals surface area contributed by atoms with Gasteiger partial charge in [0, 0.05) is 12.3 Å². The maximum absolute atomic E-state index is 11.9.